The van der Waals surface area contributed by atoms with Crippen molar-refractivity contribution in [2.24, 2.45) is 0 Å². The number of benzene rings is 1. The number of hydrogen-bond acceptors (Lipinski definition) is 7. The molecule has 3 heterocycles. The molecule has 0 radical (unpaired) electrons. The minimum atomic E-state index is -4.77. The smallest absolute Gasteiger partial charge is 0.350 e. The molecule has 0 spiro atoms. The van der Waals surface area contributed by atoms with Crippen molar-refractivity contribution in [3.8, 4) is 5.82 Å². The van der Waals surface area contributed by atoms with Gasteiger partial charge < -0.3 is 10.6 Å². The Kier molecular flexibility index (Phi) is 7.44. The highest BCUT2D eigenvalue weighted by Crippen LogP contribution is 2.26. The van der Waals surface area contributed by atoms with Crippen LogP contribution in [0, 0.1) is 6.92 Å². The maximum atomic E-state index is 13.5. The minimum absolute atomic E-state index is 0.0461. The Bertz CT molecular complexity index is 1500. The zero-order valence-corrected chi connectivity index (χ0v) is 21.0. The third-order valence-electron chi connectivity index (χ3n) is 5.12. The number of nitrogens with zero attached hydrogens (tertiary/aromatic N) is 7. The number of anilines is 1. The van der Waals surface area contributed by atoms with Gasteiger partial charge in [0.05, 0.1) is 22.0 Å². The lowest BCUT2D eigenvalue weighted by Gasteiger charge is -2.15. The molecule has 1 aromatic carbocycles. The molecule has 198 valence electrons. The molecule has 0 saturated heterocycles. The summed E-state index contributed by atoms with van der Waals surface area (Å²) in [6.45, 7) is 5.02. The van der Waals surface area contributed by atoms with Gasteiger partial charge in [0, 0.05) is 12.2 Å². The summed E-state index contributed by atoms with van der Waals surface area (Å²) in [6, 6.07) is 9.32. The SMILES string of the molecule is Cc1cccc(C(=O)NC(C)C)c1NC(=O)c1cc(Cn2nnc(C(F)(F)F)n2)nn1-c1ncccc1Cl. The van der Waals surface area contributed by atoms with E-state index in [0.29, 0.717) is 10.4 Å². The first-order valence-corrected chi connectivity index (χ1v) is 11.6. The average Bonchev–Trinajstić information content (AvgIpc) is 3.48. The molecular formula is C23H21ClF3N9O2. The number of para-hydroxylation sites is 1. The van der Waals surface area contributed by atoms with Gasteiger partial charge in [-0.15, -0.1) is 10.2 Å². The van der Waals surface area contributed by atoms with E-state index >= 15 is 0 Å². The van der Waals surface area contributed by atoms with E-state index in [1.807, 2.05) is 13.8 Å². The summed E-state index contributed by atoms with van der Waals surface area (Å²) in [7, 11) is 0. The van der Waals surface area contributed by atoms with Crippen molar-refractivity contribution in [1.29, 1.82) is 0 Å². The Labute approximate surface area is 219 Å². The first-order valence-electron chi connectivity index (χ1n) is 11.2. The van der Waals surface area contributed by atoms with Gasteiger partial charge in [-0.05, 0) is 55.8 Å². The molecular weight excluding hydrogens is 527 g/mol. The number of rotatable bonds is 7. The van der Waals surface area contributed by atoms with Gasteiger partial charge in [-0.1, -0.05) is 23.7 Å². The second-order valence-corrected chi connectivity index (χ2v) is 8.87. The second-order valence-electron chi connectivity index (χ2n) is 8.46. The van der Waals surface area contributed by atoms with Gasteiger partial charge in [-0.2, -0.15) is 23.1 Å². The molecule has 4 rings (SSSR count). The molecule has 0 aliphatic rings. The normalized spacial score (nSPS) is 11.6. The lowest BCUT2D eigenvalue weighted by molar-refractivity contribution is -0.145. The monoisotopic (exact) mass is 547 g/mol. The molecule has 38 heavy (non-hydrogen) atoms. The van der Waals surface area contributed by atoms with Crippen molar-refractivity contribution >= 4 is 29.1 Å². The van der Waals surface area contributed by atoms with E-state index in [4.69, 9.17) is 11.6 Å². The van der Waals surface area contributed by atoms with E-state index in [9.17, 15) is 22.8 Å². The summed E-state index contributed by atoms with van der Waals surface area (Å²) in [5.41, 5.74) is 1.25. The molecule has 0 atom stereocenters. The molecule has 11 nitrogen and oxygen atoms in total. The standard InChI is InChI=1S/C23H21ClF3N9O2/c1-12(2)29-20(37)15-7-4-6-13(3)18(15)30-21(38)17-10-14(11-35-33-22(31-34-35)23(25,26)27)32-36(17)19-16(24)8-5-9-28-19/h4-10,12H,11H2,1-3H3,(H,29,37)(H,30,38). The highest BCUT2D eigenvalue weighted by Gasteiger charge is 2.37. The number of nitrogens with one attached hydrogen (secondary N) is 2. The van der Waals surface area contributed by atoms with Crippen LogP contribution in [-0.4, -0.2) is 52.8 Å². The van der Waals surface area contributed by atoms with Gasteiger partial charge in [-0.25, -0.2) is 9.67 Å². The van der Waals surface area contributed by atoms with Crippen LogP contribution in [0.25, 0.3) is 5.82 Å². The van der Waals surface area contributed by atoms with Crippen LogP contribution in [0.4, 0.5) is 18.9 Å². The Morgan fingerprint density at radius 3 is 2.53 bits per heavy atom. The predicted octanol–water partition coefficient (Wildman–Crippen LogP) is 3.67. The lowest BCUT2D eigenvalue weighted by atomic mass is 10.1. The molecule has 2 amide bonds. The molecule has 0 aliphatic heterocycles. The van der Waals surface area contributed by atoms with E-state index in [2.05, 4.69) is 36.1 Å². The number of amides is 2. The van der Waals surface area contributed by atoms with Crippen LogP contribution in [0.1, 0.15) is 51.8 Å². The van der Waals surface area contributed by atoms with Gasteiger partial charge in [0.1, 0.15) is 12.2 Å². The first-order chi connectivity index (χ1) is 17.9. The highest BCUT2D eigenvalue weighted by atomic mass is 35.5. The van der Waals surface area contributed by atoms with Crippen molar-refractivity contribution in [2.75, 3.05) is 5.32 Å². The summed E-state index contributed by atoms with van der Waals surface area (Å²) in [4.78, 5) is 31.1. The number of aryl methyl sites for hydroxylation is 1. The van der Waals surface area contributed by atoms with Crippen LogP contribution in [0.2, 0.25) is 5.02 Å². The van der Waals surface area contributed by atoms with Crippen molar-refractivity contribution in [1.82, 2.24) is 40.3 Å². The van der Waals surface area contributed by atoms with Crippen LogP contribution in [0.15, 0.2) is 42.6 Å². The minimum Gasteiger partial charge on any atom is -0.350 e. The summed E-state index contributed by atoms with van der Waals surface area (Å²) in [5.74, 6) is -2.34. The molecule has 2 N–H and O–H groups in total. The van der Waals surface area contributed by atoms with E-state index in [0.717, 1.165) is 4.68 Å². The van der Waals surface area contributed by atoms with Gasteiger partial charge in [0.2, 0.25) is 0 Å². The van der Waals surface area contributed by atoms with E-state index in [1.165, 1.54) is 18.3 Å². The van der Waals surface area contributed by atoms with Gasteiger partial charge in [-0.3, -0.25) is 9.59 Å². The molecule has 15 heteroatoms. The molecule has 0 bridgehead atoms. The van der Waals surface area contributed by atoms with Crippen molar-refractivity contribution in [2.45, 2.75) is 39.5 Å². The maximum absolute atomic E-state index is 13.5. The number of carbonyl (C=O) groups excluding carboxylic acids is 2. The largest absolute Gasteiger partial charge is 0.455 e. The van der Waals surface area contributed by atoms with Gasteiger partial charge in [0.15, 0.2) is 5.82 Å². The molecule has 4 aromatic rings. The number of carbonyl (C=O) groups is 2. The molecule has 0 aliphatic carbocycles. The summed E-state index contributed by atoms with van der Waals surface area (Å²) < 4.78 is 39.8. The van der Waals surface area contributed by atoms with Gasteiger partial charge in [0.25, 0.3) is 17.6 Å². The van der Waals surface area contributed by atoms with Crippen LogP contribution in [-0.2, 0) is 12.7 Å². The number of alkyl halides is 3. The van der Waals surface area contributed by atoms with Crippen LogP contribution >= 0.6 is 11.6 Å². The average molecular weight is 548 g/mol. The Morgan fingerprint density at radius 1 is 1.11 bits per heavy atom. The fourth-order valence-corrected chi connectivity index (χ4v) is 3.67. The number of tetrazole rings is 1. The van der Waals surface area contributed by atoms with Crippen molar-refractivity contribution in [3.63, 3.8) is 0 Å². The van der Waals surface area contributed by atoms with E-state index < -0.39 is 17.9 Å². The van der Waals surface area contributed by atoms with Crippen molar-refractivity contribution in [3.05, 3.63) is 76.0 Å². The fourth-order valence-electron chi connectivity index (χ4n) is 3.47. The van der Waals surface area contributed by atoms with Crippen molar-refractivity contribution < 1.29 is 22.8 Å². The maximum Gasteiger partial charge on any atom is 0.455 e. The third-order valence-corrected chi connectivity index (χ3v) is 5.41. The quantitative estimate of drug-likeness (QED) is 0.361. The third kappa shape index (κ3) is 5.80. The zero-order valence-electron chi connectivity index (χ0n) is 20.3. The number of pyridine rings is 1. The molecule has 0 unspecified atom stereocenters. The molecule has 0 fully saturated rings. The Hall–Kier alpha value is -4.33. The highest BCUT2D eigenvalue weighted by molar-refractivity contribution is 6.32. The second kappa shape index (κ2) is 10.6. The first kappa shape index (κ1) is 26.7. The number of halogens is 4. The Balaban J connectivity index is 1.72. The fraction of sp³-hybridized carbons (Fsp3) is 0.261. The predicted molar refractivity (Wildman–Crippen MR) is 130 cm³/mol. The van der Waals surface area contributed by atoms with Crippen LogP contribution < -0.4 is 10.6 Å². The topological polar surface area (TPSA) is 133 Å². The Morgan fingerprint density at radius 2 is 1.87 bits per heavy atom. The number of hydrogen-bond donors (Lipinski definition) is 2. The van der Waals surface area contributed by atoms with Crippen LogP contribution in [0.5, 0.6) is 0 Å². The van der Waals surface area contributed by atoms with Crippen LogP contribution in [0.3, 0.4) is 0 Å². The zero-order chi connectivity index (χ0) is 27.6. The molecule has 0 saturated carbocycles. The van der Waals surface area contributed by atoms with E-state index in [-0.39, 0.29) is 52.0 Å². The molecule has 3 aromatic heterocycles. The summed E-state index contributed by atoms with van der Waals surface area (Å²) in [5, 5.41) is 19.7. The van der Waals surface area contributed by atoms with E-state index in [1.54, 1.807) is 31.2 Å². The summed E-state index contributed by atoms with van der Waals surface area (Å²) in [6.07, 6.45) is -3.33. The van der Waals surface area contributed by atoms with Gasteiger partial charge >= 0.3 is 6.18 Å². The summed E-state index contributed by atoms with van der Waals surface area (Å²) >= 11 is 6.29. The lowest BCUT2D eigenvalue weighted by Crippen LogP contribution is -2.31. The number of aromatic nitrogens is 7.